The van der Waals surface area contributed by atoms with Crippen LogP contribution in [0.1, 0.15) is 76.2 Å². The van der Waals surface area contributed by atoms with Gasteiger partial charge < -0.3 is 24.8 Å². The Bertz CT molecular complexity index is 862. The van der Waals surface area contributed by atoms with Gasteiger partial charge in [-0.25, -0.2) is 4.79 Å². The summed E-state index contributed by atoms with van der Waals surface area (Å²) >= 11 is 0. The van der Waals surface area contributed by atoms with Gasteiger partial charge in [0, 0.05) is 23.3 Å². The number of hydrogen-bond acceptors (Lipinski definition) is 6. The quantitative estimate of drug-likeness (QED) is 0.587. The van der Waals surface area contributed by atoms with Gasteiger partial charge in [-0.2, -0.15) is 0 Å². The molecule has 0 saturated heterocycles. The molecule has 6 nitrogen and oxygen atoms in total. The van der Waals surface area contributed by atoms with Crippen molar-refractivity contribution in [1.82, 2.24) is 0 Å². The minimum Gasteiger partial charge on any atom is -0.431 e. The van der Waals surface area contributed by atoms with Crippen LogP contribution in [0.2, 0.25) is 0 Å². The smallest absolute Gasteiger partial charge is 0.335 e. The Morgan fingerprint density at radius 2 is 1.80 bits per heavy atom. The topological polar surface area (TPSA) is 111 Å². The minimum atomic E-state index is -1.06. The third kappa shape index (κ3) is 2.48. The number of hydrogen-bond donors (Lipinski definition) is 4. The van der Waals surface area contributed by atoms with E-state index in [4.69, 9.17) is 4.42 Å². The zero-order chi connectivity index (χ0) is 21.4. The van der Waals surface area contributed by atoms with Gasteiger partial charge in [0.1, 0.15) is 0 Å². The summed E-state index contributed by atoms with van der Waals surface area (Å²) in [5.41, 5.74) is -2.33. The van der Waals surface area contributed by atoms with Gasteiger partial charge in [-0.1, -0.05) is 6.92 Å². The van der Waals surface area contributed by atoms with Crippen molar-refractivity contribution >= 4 is 0 Å². The second-order valence-corrected chi connectivity index (χ2v) is 10.9. The highest BCUT2D eigenvalue weighted by Crippen LogP contribution is 2.71. The van der Waals surface area contributed by atoms with Crippen molar-refractivity contribution in [3.8, 4) is 0 Å². The normalized spacial score (nSPS) is 50.4. The Labute approximate surface area is 176 Å². The third-order valence-electron chi connectivity index (χ3n) is 10.1. The number of aliphatic hydroxyl groups is 4. The molecule has 4 N–H and O–H groups in total. The summed E-state index contributed by atoms with van der Waals surface area (Å²) in [6, 6.07) is 3.29. The Morgan fingerprint density at radius 1 is 1.03 bits per heavy atom. The molecule has 6 heteroatoms. The molecule has 8 atom stereocenters. The molecule has 5 rings (SSSR count). The Morgan fingerprint density at radius 3 is 2.50 bits per heavy atom. The lowest BCUT2D eigenvalue weighted by molar-refractivity contribution is -0.268. The first-order valence-corrected chi connectivity index (χ1v) is 11.5. The molecule has 4 aliphatic rings. The van der Waals surface area contributed by atoms with Crippen molar-refractivity contribution in [2.24, 2.45) is 22.7 Å². The van der Waals surface area contributed by atoms with Crippen LogP contribution < -0.4 is 5.63 Å². The van der Waals surface area contributed by atoms with Crippen molar-refractivity contribution in [2.45, 2.75) is 87.9 Å². The molecule has 1 heterocycles. The van der Waals surface area contributed by atoms with Crippen LogP contribution in [0.4, 0.5) is 0 Å². The van der Waals surface area contributed by atoms with E-state index in [-0.39, 0.29) is 35.4 Å². The standard InChI is InChI=1S/C24H34O6/c1-21-8-5-18-19(6-10-23(28)12-16(26)4-9-22(18,23)14-25)24(21,29)11-7-17(21)15-2-3-20(27)30-13-15/h2-3,13,16-19,25-26,28-29H,4-12,14H2,1H3. The van der Waals surface area contributed by atoms with Gasteiger partial charge in [0.25, 0.3) is 0 Å². The van der Waals surface area contributed by atoms with Crippen molar-refractivity contribution in [1.29, 1.82) is 0 Å². The zero-order valence-electron chi connectivity index (χ0n) is 17.7. The molecular weight excluding hydrogens is 384 g/mol. The predicted octanol–water partition coefficient (Wildman–Crippen LogP) is 2.33. The first kappa shape index (κ1) is 20.7. The van der Waals surface area contributed by atoms with Crippen LogP contribution in [-0.4, -0.2) is 44.3 Å². The van der Waals surface area contributed by atoms with Gasteiger partial charge >= 0.3 is 5.63 Å². The highest BCUT2D eigenvalue weighted by Gasteiger charge is 2.70. The maximum absolute atomic E-state index is 12.2. The zero-order valence-corrected chi connectivity index (χ0v) is 17.7. The molecular formula is C24H34O6. The average molecular weight is 419 g/mol. The molecule has 8 unspecified atom stereocenters. The summed E-state index contributed by atoms with van der Waals surface area (Å²) in [6.07, 6.45) is 6.90. The Balaban J connectivity index is 1.52. The van der Waals surface area contributed by atoms with E-state index in [9.17, 15) is 25.2 Å². The summed E-state index contributed by atoms with van der Waals surface area (Å²) < 4.78 is 5.14. The molecule has 4 saturated carbocycles. The number of fused-ring (bicyclic) bond motifs is 5. The summed E-state index contributed by atoms with van der Waals surface area (Å²) in [4.78, 5) is 11.4. The van der Waals surface area contributed by atoms with Gasteiger partial charge in [-0.3, -0.25) is 0 Å². The van der Waals surface area contributed by atoms with Crippen LogP contribution in [0.25, 0.3) is 0 Å². The second kappa shape index (κ2) is 6.64. The van der Waals surface area contributed by atoms with Gasteiger partial charge in [0.05, 0.1) is 30.2 Å². The summed E-state index contributed by atoms with van der Waals surface area (Å²) in [7, 11) is 0. The summed E-state index contributed by atoms with van der Waals surface area (Å²) in [5, 5.41) is 44.5. The summed E-state index contributed by atoms with van der Waals surface area (Å²) in [6.45, 7) is 2.07. The molecule has 1 aromatic rings. The van der Waals surface area contributed by atoms with Crippen LogP contribution in [0.3, 0.4) is 0 Å². The van der Waals surface area contributed by atoms with Crippen molar-refractivity contribution < 1.29 is 24.8 Å². The fourth-order valence-corrected chi connectivity index (χ4v) is 8.43. The first-order valence-electron chi connectivity index (χ1n) is 11.5. The van der Waals surface area contributed by atoms with Crippen molar-refractivity contribution in [3.05, 3.63) is 34.4 Å². The average Bonchev–Trinajstić information content (AvgIpc) is 2.99. The van der Waals surface area contributed by atoms with E-state index < -0.39 is 22.7 Å². The molecule has 166 valence electrons. The van der Waals surface area contributed by atoms with E-state index in [2.05, 4.69) is 6.92 Å². The predicted molar refractivity (Wildman–Crippen MR) is 110 cm³/mol. The lowest BCUT2D eigenvalue weighted by atomic mass is 9.41. The fourth-order valence-electron chi connectivity index (χ4n) is 8.43. The molecule has 0 aliphatic heterocycles. The van der Waals surface area contributed by atoms with E-state index >= 15 is 0 Å². The van der Waals surface area contributed by atoms with Gasteiger partial charge in [0.15, 0.2) is 0 Å². The molecule has 0 bridgehead atoms. The largest absolute Gasteiger partial charge is 0.431 e. The lowest BCUT2D eigenvalue weighted by Gasteiger charge is -2.66. The SMILES string of the molecule is CC12CCC3C(CCC4(O)CC(O)CCC34CO)C1(O)CCC2c1ccc(=O)oc1. The highest BCUT2D eigenvalue weighted by molar-refractivity contribution is 5.28. The highest BCUT2D eigenvalue weighted by atomic mass is 16.4. The van der Waals surface area contributed by atoms with Crippen LogP contribution in [0.15, 0.2) is 27.6 Å². The van der Waals surface area contributed by atoms with E-state index in [0.717, 1.165) is 24.8 Å². The molecule has 30 heavy (non-hydrogen) atoms. The van der Waals surface area contributed by atoms with E-state index in [1.165, 1.54) is 6.07 Å². The van der Waals surface area contributed by atoms with Crippen LogP contribution >= 0.6 is 0 Å². The van der Waals surface area contributed by atoms with Crippen LogP contribution in [0.5, 0.6) is 0 Å². The molecule has 4 fully saturated rings. The molecule has 0 spiro atoms. The molecule has 0 aromatic carbocycles. The fraction of sp³-hybridized carbons (Fsp3) is 0.792. The maximum Gasteiger partial charge on any atom is 0.335 e. The Kier molecular flexibility index (Phi) is 4.58. The van der Waals surface area contributed by atoms with E-state index in [1.54, 1.807) is 6.26 Å². The Hall–Kier alpha value is -1.21. The number of aliphatic hydroxyl groups excluding tert-OH is 2. The van der Waals surface area contributed by atoms with E-state index in [0.29, 0.717) is 38.5 Å². The lowest BCUT2D eigenvalue weighted by Crippen LogP contribution is -2.69. The van der Waals surface area contributed by atoms with Crippen molar-refractivity contribution in [2.75, 3.05) is 6.61 Å². The molecule has 1 aromatic heterocycles. The minimum absolute atomic E-state index is 0.0136. The van der Waals surface area contributed by atoms with Gasteiger partial charge in [-0.15, -0.1) is 0 Å². The van der Waals surface area contributed by atoms with Crippen LogP contribution in [0, 0.1) is 22.7 Å². The molecule has 0 amide bonds. The monoisotopic (exact) mass is 418 g/mol. The van der Waals surface area contributed by atoms with Crippen molar-refractivity contribution in [3.63, 3.8) is 0 Å². The molecule has 4 aliphatic carbocycles. The van der Waals surface area contributed by atoms with Crippen LogP contribution in [-0.2, 0) is 0 Å². The maximum atomic E-state index is 12.2. The van der Waals surface area contributed by atoms with Gasteiger partial charge in [0.2, 0.25) is 0 Å². The van der Waals surface area contributed by atoms with Gasteiger partial charge in [-0.05, 0) is 80.8 Å². The first-order chi connectivity index (χ1) is 14.2. The summed E-state index contributed by atoms with van der Waals surface area (Å²) in [5.74, 6) is 0.172. The molecule has 0 radical (unpaired) electrons. The third-order valence-corrected chi connectivity index (χ3v) is 10.1. The second-order valence-electron chi connectivity index (χ2n) is 10.9. The van der Waals surface area contributed by atoms with E-state index in [1.807, 2.05) is 6.07 Å². The number of rotatable bonds is 2.